The minimum atomic E-state index is -1.78. The van der Waals surface area contributed by atoms with Gasteiger partial charge in [-0.2, -0.15) is 0 Å². The van der Waals surface area contributed by atoms with Gasteiger partial charge in [-0.3, -0.25) is 9.59 Å². The Kier molecular flexibility index (Phi) is 6.41. The van der Waals surface area contributed by atoms with Crippen LogP contribution in [0.2, 0.25) is 0 Å². The average Bonchev–Trinajstić information content (AvgIpc) is 2.47. The van der Waals surface area contributed by atoms with Gasteiger partial charge in [0.05, 0.1) is 0 Å². The highest BCUT2D eigenvalue weighted by Crippen LogP contribution is 2.20. The molecule has 0 aliphatic heterocycles. The molecule has 2 atom stereocenters. The first-order chi connectivity index (χ1) is 9.49. The lowest BCUT2D eigenvalue weighted by Gasteiger charge is -2.19. The second-order valence-electron chi connectivity index (χ2n) is 4.76. The largest absolute Gasteiger partial charge is 0.380 e. The van der Waals surface area contributed by atoms with Crippen LogP contribution in [0, 0.1) is 0 Å². The van der Waals surface area contributed by atoms with Gasteiger partial charge in [-0.15, -0.1) is 0 Å². The minimum Gasteiger partial charge on any atom is -0.380 e. The first-order valence-electron chi connectivity index (χ1n) is 6.76. The Labute approximate surface area is 118 Å². The van der Waals surface area contributed by atoms with E-state index in [1.165, 1.54) is 12.6 Å². The lowest BCUT2D eigenvalue weighted by molar-refractivity contribution is -0.145. The first-order valence-corrected chi connectivity index (χ1v) is 6.76. The van der Waals surface area contributed by atoms with Gasteiger partial charge in [-0.1, -0.05) is 25.0 Å². The molecular weight excluding hydrogens is 260 g/mol. The molecule has 0 bridgehead atoms. The summed E-state index contributed by atoms with van der Waals surface area (Å²) in [7, 11) is 1.32. The summed E-state index contributed by atoms with van der Waals surface area (Å²) in [6, 6.07) is 0. The van der Waals surface area contributed by atoms with Crippen molar-refractivity contribution in [3.05, 3.63) is 23.4 Å². The van der Waals surface area contributed by atoms with Crippen LogP contribution in [-0.2, 0) is 9.59 Å². The molecule has 0 heterocycles. The van der Waals surface area contributed by atoms with E-state index in [0.29, 0.717) is 12.1 Å². The molecule has 0 aromatic rings. The fourth-order valence-corrected chi connectivity index (χ4v) is 1.98. The molecule has 6 nitrogen and oxygen atoms in total. The number of allylic oxidation sites excluding steroid dienone is 4. The van der Waals surface area contributed by atoms with Crippen LogP contribution in [0.15, 0.2) is 23.4 Å². The highest BCUT2D eigenvalue weighted by atomic mass is 16.3. The van der Waals surface area contributed by atoms with Crippen LogP contribution in [0.4, 0.5) is 0 Å². The second-order valence-corrected chi connectivity index (χ2v) is 4.76. The third-order valence-electron chi connectivity index (χ3n) is 3.17. The zero-order valence-corrected chi connectivity index (χ0v) is 11.8. The Morgan fingerprint density at radius 2 is 1.85 bits per heavy atom. The molecule has 0 spiro atoms. The number of amides is 2. The van der Waals surface area contributed by atoms with E-state index in [-0.39, 0.29) is 0 Å². The van der Waals surface area contributed by atoms with Crippen molar-refractivity contribution < 1.29 is 19.8 Å². The Morgan fingerprint density at radius 3 is 2.35 bits per heavy atom. The van der Waals surface area contributed by atoms with Gasteiger partial charge in [0.1, 0.15) is 0 Å². The van der Waals surface area contributed by atoms with Gasteiger partial charge >= 0.3 is 0 Å². The predicted octanol–water partition coefficient (Wildman–Crippen LogP) is -0.0254. The van der Waals surface area contributed by atoms with E-state index < -0.39 is 24.0 Å². The van der Waals surface area contributed by atoms with Gasteiger partial charge in [0, 0.05) is 12.7 Å². The van der Waals surface area contributed by atoms with Crippen molar-refractivity contribution in [3.63, 3.8) is 0 Å². The fourth-order valence-electron chi connectivity index (χ4n) is 1.98. The summed E-state index contributed by atoms with van der Waals surface area (Å²) >= 11 is 0. The van der Waals surface area contributed by atoms with E-state index in [1.807, 2.05) is 6.08 Å². The zero-order valence-electron chi connectivity index (χ0n) is 11.8. The van der Waals surface area contributed by atoms with Crippen LogP contribution in [0.25, 0.3) is 0 Å². The summed E-state index contributed by atoms with van der Waals surface area (Å²) < 4.78 is 0. The van der Waals surface area contributed by atoms with Crippen LogP contribution >= 0.6 is 0 Å². The zero-order chi connectivity index (χ0) is 15.1. The van der Waals surface area contributed by atoms with Crippen LogP contribution in [0.5, 0.6) is 0 Å². The third-order valence-corrected chi connectivity index (χ3v) is 3.17. The molecule has 1 aliphatic carbocycles. The summed E-state index contributed by atoms with van der Waals surface area (Å²) in [6.07, 6.45) is 3.88. The topological polar surface area (TPSA) is 98.7 Å². The second kappa shape index (κ2) is 7.81. The van der Waals surface area contributed by atoms with Crippen molar-refractivity contribution in [2.45, 2.75) is 44.8 Å². The maximum Gasteiger partial charge on any atom is 0.256 e. The molecular formula is C14H22N2O4. The van der Waals surface area contributed by atoms with E-state index >= 15 is 0 Å². The van der Waals surface area contributed by atoms with Crippen LogP contribution in [0.3, 0.4) is 0 Å². The molecule has 1 unspecified atom stereocenters. The molecule has 0 fully saturated rings. The van der Waals surface area contributed by atoms with Crippen molar-refractivity contribution in [1.82, 2.24) is 10.6 Å². The van der Waals surface area contributed by atoms with Gasteiger partial charge in [-0.05, 0) is 25.3 Å². The van der Waals surface area contributed by atoms with Gasteiger partial charge < -0.3 is 20.8 Å². The Hall–Kier alpha value is -1.66. The Balaban J connectivity index is 2.57. The minimum absolute atomic E-state index is 0.679. The maximum absolute atomic E-state index is 11.7. The highest BCUT2D eigenvalue weighted by molar-refractivity contribution is 5.91. The summed E-state index contributed by atoms with van der Waals surface area (Å²) in [6.45, 7) is 2.11. The number of likely N-dealkylation sites (N-methyl/N-ethyl adjacent to an activating group) is 1. The molecule has 0 saturated carbocycles. The lowest BCUT2D eigenvalue weighted by Crippen LogP contribution is -2.48. The number of carbonyl (C=O) groups excluding carboxylic acids is 2. The van der Waals surface area contributed by atoms with Crippen molar-refractivity contribution in [1.29, 1.82) is 0 Å². The smallest absolute Gasteiger partial charge is 0.256 e. The molecule has 20 heavy (non-hydrogen) atoms. The number of rotatable bonds is 6. The number of aliphatic hydroxyl groups excluding tert-OH is 2. The van der Waals surface area contributed by atoms with E-state index in [4.69, 9.17) is 0 Å². The molecule has 0 saturated heterocycles. The molecule has 0 aromatic carbocycles. The van der Waals surface area contributed by atoms with Gasteiger partial charge in [0.25, 0.3) is 11.8 Å². The van der Waals surface area contributed by atoms with Crippen molar-refractivity contribution in [2.75, 3.05) is 7.05 Å². The quantitative estimate of drug-likeness (QED) is 0.550. The normalized spacial score (nSPS) is 17.6. The third kappa shape index (κ3) is 4.47. The SMILES string of the molecule is CCCC1=CC=C(NC(=O)[C@H](O)C(O)C(=O)NC)CC1. The monoisotopic (exact) mass is 282 g/mol. The Morgan fingerprint density at radius 1 is 1.20 bits per heavy atom. The van der Waals surface area contributed by atoms with Gasteiger partial charge in [0.2, 0.25) is 0 Å². The van der Waals surface area contributed by atoms with Crippen LogP contribution in [0.1, 0.15) is 32.6 Å². The number of aliphatic hydroxyl groups is 2. The standard InChI is InChI=1S/C14H22N2O4/c1-3-4-9-5-7-10(8-6-9)16-14(20)12(18)11(17)13(19)15-2/h5,7,11-12,17-18H,3-4,6,8H2,1-2H3,(H,15,19)(H,16,20)/t11?,12-/m1/s1. The van der Waals surface area contributed by atoms with E-state index in [1.54, 1.807) is 6.08 Å². The number of hydrogen-bond acceptors (Lipinski definition) is 4. The summed E-state index contributed by atoms with van der Waals surface area (Å²) in [5.41, 5.74) is 2.01. The van der Waals surface area contributed by atoms with Crippen molar-refractivity contribution in [2.24, 2.45) is 0 Å². The van der Waals surface area contributed by atoms with Gasteiger partial charge in [-0.25, -0.2) is 0 Å². The summed E-state index contributed by atoms with van der Waals surface area (Å²) in [4.78, 5) is 22.9. The van der Waals surface area contributed by atoms with Gasteiger partial charge in [0.15, 0.2) is 12.2 Å². The first kappa shape index (κ1) is 16.4. The van der Waals surface area contributed by atoms with Crippen molar-refractivity contribution >= 4 is 11.8 Å². The highest BCUT2D eigenvalue weighted by Gasteiger charge is 2.29. The fraction of sp³-hybridized carbons (Fsp3) is 0.571. The molecule has 0 radical (unpaired) electrons. The predicted molar refractivity (Wildman–Crippen MR) is 74.5 cm³/mol. The lowest BCUT2D eigenvalue weighted by atomic mass is 9.98. The van der Waals surface area contributed by atoms with E-state index in [9.17, 15) is 19.8 Å². The molecule has 1 aliphatic rings. The van der Waals surface area contributed by atoms with E-state index in [2.05, 4.69) is 17.6 Å². The number of carbonyl (C=O) groups is 2. The molecule has 0 aromatic heterocycles. The average molecular weight is 282 g/mol. The van der Waals surface area contributed by atoms with Crippen LogP contribution < -0.4 is 10.6 Å². The number of nitrogens with one attached hydrogen (secondary N) is 2. The van der Waals surface area contributed by atoms with Crippen molar-refractivity contribution in [3.8, 4) is 0 Å². The molecule has 6 heteroatoms. The molecule has 112 valence electrons. The molecule has 2 amide bonds. The van der Waals surface area contributed by atoms with E-state index in [0.717, 1.165) is 19.3 Å². The summed E-state index contributed by atoms with van der Waals surface area (Å²) in [5, 5.41) is 23.7. The number of hydrogen-bond donors (Lipinski definition) is 4. The van der Waals surface area contributed by atoms with Crippen LogP contribution in [-0.4, -0.2) is 41.3 Å². The molecule has 4 N–H and O–H groups in total. The summed E-state index contributed by atoms with van der Waals surface area (Å²) in [5.74, 6) is -1.57. The Bertz CT molecular complexity index is 429. The molecule has 1 rings (SSSR count). The maximum atomic E-state index is 11.7.